The van der Waals surface area contributed by atoms with Crippen molar-refractivity contribution in [3.05, 3.63) is 0 Å². The Morgan fingerprint density at radius 2 is 2.13 bits per heavy atom. The fourth-order valence-electron chi connectivity index (χ4n) is 4.17. The molecule has 1 saturated carbocycles. The normalized spacial score (nSPS) is 31.0. The summed E-state index contributed by atoms with van der Waals surface area (Å²) in [5, 5.41) is 23.9. The summed E-state index contributed by atoms with van der Waals surface area (Å²) >= 11 is 0. The van der Waals surface area contributed by atoms with Crippen LogP contribution in [0.1, 0.15) is 39.0 Å². The number of carbonyl (C=O) groups excluding carboxylic acids is 1. The molecule has 132 valence electrons. The van der Waals surface area contributed by atoms with E-state index in [4.69, 9.17) is 0 Å². The lowest BCUT2D eigenvalue weighted by atomic mass is 9.92. The van der Waals surface area contributed by atoms with Crippen molar-refractivity contribution < 1.29 is 15.0 Å². The molecule has 3 atom stereocenters. The number of rotatable bonds is 6. The summed E-state index contributed by atoms with van der Waals surface area (Å²) in [5.74, 6) is 0.560. The van der Waals surface area contributed by atoms with Gasteiger partial charge in [0.15, 0.2) is 0 Å². The minimum atomic E-state index is -0.733. The number of carbonyl (C=O) groups is 1. The number of hydrogen-bond donors (Lipinski definition) is 3. The van der Waals surface area contributed by atoms with Gasteiger partial charge in [0.2, 0.25) is 5.91 Å². The smallest absolute Gasteiger partial charge is 0.236 e. The fourth-order valence-corrected chi connectivity index (χ4v) is 4.17. The van der Waals surface area contributed by atoms with Crippen molar-refractivity contribution in [2.75, 3.05) is 39.3 Å². The van der Waals surface area contributed by atoms with Crippen molar-refractivity contribution in [2.24, 2.45) is 5.92 Å². The number of nitrogens with zero attached hydrogens (tertiary/aromatic N) is 2. The van der Waals surface area contributed by atoms with E-state index in [0.717, 1.165) is 51.9 Å². The molecule has 1 amide bonds. The first-order valence-corrected chi connectivity index (χ1v) is 9.09. The van der Waals surface area contributed by atoms with Gasteiger partial charge in [0.1, 0.15) is 0 Å². The van der Waals surface area contributed by atoms with Gasteiger partial charge in [-0.05, 0) is 45.1 Å². The highest BCUT2D eigenvalue weighted by Crippen LogP contribution is 2.41. The molecular formula is C17H31N3O3. The maximum Gasteiger partial charge on any atom is 0.236 e. The van der Waals surface area contributed by atoms with E-state index in [1.807, 2.05) is 11.8 Å². The molecule has 23 heavy (non-hydrogen) atoms. The topological polar surface area (TPSA) is 76.0 Å². The van der Waals surface area contributed by atoms with Crippen LogP contribution in [0.2, 0.25) is 0 Å². The zero-order valence-electron chi connectivity index (χ0n) is 14.2. The Kier molecular flexibility index (Phi) is 5.26. The first kappa shape index (κ1) is 17.1. The van der Waals surface area contributed by atoms with E-state index < -0.39 is 11.7 Å². The number of aliphatic hydroxyl groups excluding tert-OH is 1. The highest BCUT2D eigenvalue weighted by atomic mass is 16.3. The SMILES string of the molecule is CC(O)(CC(O)CN1CCCC(N2CCNCC2=O)C1)C1CC1. The van der Waals surface area contributed by atoms with Crippen LogP contribution in [0, 0.1) is 5.92 Å². The molecular weight excluding hydrogens is 294 g/mol. The molecule has 2 heterocycles. The molecule has 0 aromatic carbocycles. The molecule has 3 rings (SSSR count). The molecule has 1 aliphatic carbocycles. The zero-order chi connectivity index (χ0) is 16.4. The molecule has 3 N–H and O–H groups in total. The summed E-state index contributed by atoms with van der Waals surface area (Å²) in [6.07, 6.45) is 4.23. The Bertz CT molecular complexity index is 425. The Hall–Kier alpha value is -0.690. The van der Waals surface area contributed by atoms with E-state index in [1.165, 1.54) is 0 Å². The van der Waals surface area contributed by atoms with Crippen LogP contribution in [-0.2, 0) is 4.79 Å². The predicted octanol–water partition coefficient (Wildman–Crippen LogP) is -0.205. The van der Waals surface area contributed by atoms with Gasteiger partial charge in [-0.15, -0.1) is 0 Å². The second-order valence-corrected chi connectivity index (χ2v) is 7.81. The molecule has 0 aromatic heterocycles. The highest BCUT2D eigenvalue weighted by Gasteiger charge is 2.41. The standard InChI is InChI=1S/C17H31N3O3/c1-17(23,13-4-5-13)9-15(21)12-19-7-2-3-14(11-19)20-8-6-18-10-16(20)22/h13-15,18,21,23H,2-12H2,1H3. The molecule has 0 bridgehead atoms. The van der Waals surface area contributed by atoms with Crippen molar-refractivity contribution >= 4 is 5.91 Å². The van der Waals surface area contributed by atoms with Gasteiger partial charge in [-0.3, -0.25) is 9.69 Å². The first-order chi connectivity index (χ1) is 11.0. The van der Waals surface area contributed by atoms with Gasteiger partial charge in [0.25, 0.3) is 0 Å². The minimum absolute atomic E-state index is 0.195. The minimum Gasteiger partial charge on any atom is -0.392 e. The van der Waals surface area contributed by atoms with Crippen molar-refractivity contribution in [1.82, 2.24) is 15.1 Å². The number of piperidine rings is 1. The highest BCUT2D eigenvalue weighted by molar-refractivity contribution is 5.79. The molecule has 3 aliphatic rings. The van der Waals surface area contributed by atoms with Crippen molar-refractivity contribution in [3.8, 4) is 0 Å². The molecule has 0 aromatic rings. The summed E-state index contributed by atoms with van der Waals surface area (Å²) in [6, 6.07) is 0.273. The Labute approximate surface area is 138 Å². The van der Waals surface area contributed by atoms with Gasteiger partial charge >= 0.3 is 0 Å². The van der Waals surface area contributed by atoms with E-state index in [9.17, 15) is 15.0 Å². The second-order valence-electron chi connectivity index (χ2n) is 7.81. The number of aliphatic hydroxyl groups is 2. The zero-order valence-corrected chi connectivity index (χ0v) is 14.2. The van der Waals surface area contributed by atoms with Crippen LogP contribution < -0.4 is 5.32 Å². The van der Waals surface area contributed by atoms with Gasteiger partial charge in [-0.25, -0.2) is 0 Å². The summed E-state index contributed by atoms with van der Waals surface area (Å²) in [7, 11) is 0. The van der Waals surface area contributed by atoms with Gasteiger partial charge in [-0.2, -0.15) is 0 Å². The molecule has 2 aliphatic heterocycles. The largest absolute Gasteiger partial charge is 0.392 e. The Morgan fingerprint density at radius 3 is 2.83 bits per heavy atom. The third-order valence-corrected chi connectivity index (χ3v) is 5.62. The average molecular weight is 325 g/mol. The van der Waals surface area contributed by atoms with Crippen molar-refractivity contribution in [2.45, 2.75) is 56.8 Å². The van der Waals surface area contributed by atoms with Crippen LogP contribution in [0.5, 0.6) is 0 Å². The third-order valence-electron chi connectivity index (χ3n) is 5.62. The second kappa shape index (κ2) is 7.05. The number of likely N-dealkylation sites (tertiary alicyclic amines) is 1. The molecule has 2 saturated heterocycles. The van der Waals surface area contributed by atoms with Crippen LogP contribution in [0.4, 0.5) is 0 Å². The monoisotopic (exact) mass is 325 g/mol. The van der Waals surface area contributed by atoms with E-state index in [-0.39, 0.29) is 11.9 Å². The summed E-state index contributed by atoms with van der Waals surface area (Å²) in [5.41, 5.74) is -0.733. The van der Waals surface area contributed by atoms with Gasteiger partial charge < -0.3 is 20.4 Å². The third kappa shape index (κ3) is 4.44. The molecule has 0 radical (unpaired) electrons. The van der Waals surface area contributed by atoms with Crippen LogP contribution in [0.15, 0.2) is 0 Å². The number of β-amino-alcohol motifs (C(OH)–C–C–N with tert-alkyl or cyclic N) is 1. The van der Waals surface area contributed by atoms with Crippen molar-refractivity contribution in [3.63, 3.8) is 0 Å². The van der Waals surface area contributed by atoms with Gasteiger partial charge in [-0.1, -0.05) is 0 Å². The van der Waals surface area contributed by atoms with Crippen LogP contribution in [-0.4, -0.2) is 82.9 Å². The van der Waals surface area contributed by atoms with Crippen molar-refractivity contribution in [1.29, 1.82) is 0 Å². The van der Waals surface area contributed by atoms with E-state index in [1.54, 1.807) is 0 Å². The maximum absolute atomic E-state index is 12.1. The average Bonchev–Trinajstić information content (AvgIpc) is 3.32. The van der Waals surface area contributed by atoms with E-state index in [2.05, 4.69) is 10.2 Å². The summed E-state index contributed by atoms with van der Waals surface area (Å²) in [4.78, 5) is 16.3. The van der Waals surface area contributed by atoms with Crippen LogP contribution in [0.25, 0.3) is 0 Å². The summed E-state index contributed by atoms with van der Waals surface area (Å²) in [6.45, 7) is 6.37. The lowest BCUT2D eigenvalue weighted by Gasteiger charge is -2.42. The van der Waals surface area contributed by atoms with E-state index in [0.29, 0.717) is 25.4 Å². The lowest BCUT2D eigenvalue weighted by molar-refractivity contribution is -0.135. The Morgan fingerprint density at radius 1 is 1.35 bits per heavy atom. The number of nitrogens with one attached hydrogen (secondary N) is 1. The number of piperazine rings is 1. The van der Waals surface area contributed by atoms with Crippen LogP contribution >= 0.6 is 0 Å². The van der Waals surface area contributed by atoms with Gasteiger partial charge in [0.05, 0.1) is 18.2 Å². The molecule has 6 heteroatoms. The molecule has 3 fully saturated rings. The molecule has 6 nitrogen and oxygen atoms in total. The lowest BCUT2D eigenvalue weighted by Crippen LogP contribution is -2.57. The predicted molar refractivity (Wildman–Crippen MR) is 88.0 cm³/mol. The fraction of sp³-hybridized carbons (Fsp3) is 0.941. The van der Waals surface area contributed by atoms with E-state index >= 15 is 0 Å². The quantitative estimate of drug-likeness (QED) is 0.630. The first-order valence-electron chi connectivity index (χ1n) is 9.09. The van der Waals surface area contributed by atoms with Gasteiger partial charge in [0, 0.05) is 38.6 Å². The Balaban J connectivity index is 1.49. The maximum atomic E-state index is 12.1. The number of amides is 1. The van der Waals surface area contributed by atoms with Crippen LogP contribution in [0.3, 0.4) is 0 Å². The molecule has 0 spiro atoms. The molecule has 3 unspecified atom stereocenters. The number of hydrogen-bond acceptors (Lipinski definition) is 5. The summed E-state index contributed by atoms with van der Waals surface area (Å²) < 4.78 is 0.